The van der Waals surface area contributed by atoms with Gasteiger partial charge in [0.1, 0.15) is 0 Å². The number of carbonyl (C=O) groups is 2. The maximum absolute atomic E-state index is 12.5. The van der Waals surface area contributed by atoms with Crippen molar-refractivity contribution in [2.24, 2.45) is 0 Å². The molecule has 0 fully saturated rings. The van der Waals surface area contributed by atoms with Crippen molar-refractivity contribution in [1.82, 2.24) is 0 Å². The summed E-state index contributed by atoms with van der Waals surface area (Å²) >= 11 is 0. The molecule has 0 aliphatic rings. The Kier molecular flexibility index (Phi) is 6.78. The van der Waals surface area contributed by atoms with Crippen molar-refractivity contribution >= 4 is 23.2 Å². The maximum atomic E-state index is 12.5. The number of nitrogens with one attached hydrogen (secondary N) is 1. The van der Waals surface area contributed by atoms with E-state index in [0.717, 1.165) is 28.1 Å². The summed E-state index contributed by atoms with van der Waals surface area (Å²) in [6, 6.07) is 12.0. The normalized spacial score (nSPS) is 10.8. The molecule has 0 spiro atoms. The maximum Gasteiger partial charge on any atom is 0.226 e. The van der Waals surface area contributed by atoms with Crippen molar-refractivity contribution in [2.75, 3.05) is 16.8 Å². The molecule has 0 heterocycles. The highest BCUT2D eigenvalue weighted by molar-refractivity contribution is 5.96. The van der Waals surface area contributed by atoms with Crippen molar-refractivity contribution in [2.45, 2.75) is 53.9 Å². The molecule has 27 heavy (non-hydrogen) atoms. The number of carbonyl (C=O) groups excluding carboxylic acids is 2. The van der Waals surface area contributed by atoms with Gasteiger partial charge in [0.2, 0.25) is 11.8 Å². The van der Waals surface area contributed by atoms with Crippen LogP contribution in [0.2, 0.25) is 0 Å². The second kappa shape index (κ2) is 8.85. The molecule has 2 rings (SSSR count). The summed E-state index contributed by atoms with van der Waals surface area (Å²) in [5, 5.41) is 3.00. The predicted octanol–water partition coefficient (Wildman–Crippen LogP) is 5.12. The topological polar surface area (TPSA) is 49.4 Å². The second-order valence-corrected chi connectivity index (χ2v) is 7.46. The Bertz CT molecular complexity index is 817. The van der Waals surface area contributed by atoms with Crippen LogP contribution in [-0.4, -0.2) is 18.4 Å². The van der Waals surface area contributed by atoms with E-state index in [-0.39, 0.29) is 18.2 Å². The van der Waals surface area contributed by atoms with Crippen LogP contribution < -0.4 is 10.2 Å². The minimum absolute atomic E-state index is 0.0552. The number of nitrogens with zero attached hydrogens (tertiary/aromatic N) is 1. The molecule has 4 nitrogen and oxygen atoms in total. The molecule has 0 atom stereocenters. The lowest BCUT2D eigenvalue weighted by Crippen LogP contribution is -2.33. The Hall–Kier alpha value is -2.62. The van der Waals surface area contributed by atoms with Gasteiger partial charge in [0.05, 0.1) is 0 Å². The zero-order valence-corrected chi connectivity index (χ0v) is 17.2. The van der Waals surface area contributed by atoms with Crippen LogP contribution in [0.5, 0.6) is 0 Å². The van der Waals surface area contributed by atoms with Crippen LogP contribution in [0.3, 0.4) is 0 Å². The zero-order valence-electron chi connectivity index (χ0n) is 17.2. The quantitative estimate of drug-likeness (QED) is 0.771. The molecule has 4 heteroatoms. The third-order valence-electron chi connectivity index (χ3n) is 4.70. The lowest BCUT2D eigenvalue weighted by Gasteiger charge is -2.25. The smallest absolute Gasteiger partial charge is 0.226 e. The van der Waals surface area contributed by atoms with Crippen LogP contribution in [-0.2, 0) is 9.59 Å². The van der Waals surface area contributed by atoms with Gasteiger partial charge in [-0.2, -0.15) is 0 Å². The summed E-state index contributed by atoms with van der Waals surface area (Å²) in [6.07, 6.45) is 0.249. The van der Waals surface area contributed by atoms with E-state index in [9.17, 15) is 9.59 Å². The Morgan fingerprint density at radius 2 is 1.63 bits per heavy atom. The van der Waals surface area contributed by atoms with Crippen molar-refractivity contribution in [3.05, 3.63) is 58.7 Å². The summed E-state index contributed by atoms with van der Waals surface area (Å²) in [4.78, 5) is 26.5. The molecule has 2 amide bonds. The molecule has 0 aliphatic heterocycles. The first-order valence-electron chi connectivity index (χ1n) is 9.45. The highest BCUT2D eigenvalue weighted by Gasteiger charge is 2.18. The molecular weight excluding hydrogens is 336 g/mol. The van der Waals surface area contributed by atoms with Crippen molar-refractivity contribution in [3.8, 4) is 0 Å². The van der Waals surface area contributed by atoms with Gasteiger partial charge in [-0.1, -0.05) is 49.7 Å². The molecule has 0 aliphatic carbocycles. The van der Waals surface area contributed by atoms with E-state index in [0.29, 0.717) is 12.5 Å². The van der Waals surface area contributed by atoms with Gasteiger partial charge in [-0.25, -0.2) is 0 Å². The Labute approximate surface area is 162 Å². The van der Waals surface area contributed by atoms with Gasteiger partial charge < -0.3 is 10.2 Å². The van der Waals surface area contributed by atoms with Gasteiger partial charge in [0, 0.05) is 31.3 Å². The van der Waals surface area contributed by atoms with Crippen LogP contribution >= 0.6 is 0 Å². The van der Waals surface area contributed by atoms with Crippen molar-refractivity contribution in [3.63, 3.8) is 0 Å². The average Bonchev–Trinajstić information content (AvgIpc) is 2.56. The summed E-state index contributed by atoms with van der Waals surface area (Å²) in [7, 11) is 0. The number of rotatable bonds is 6. The largest absolute Gasteiger partial charge is 0.326 e. The minimum atomic E-state index is -0.0863. The molecule has 0 saturated carbocycles. The molecule has 0 saturated heterocycles. The van der Waals surface area contributed by atoms with Crippen LogP contribution in [0.25, 0.3) is 0 Å². The standard InChI is InChI=1S/C23H30N2O2/c1-15(2)20-9-7-8-10-21(20)24-22(27)11-12-25(19(6)26)23-17(4)13-16(3)14-18(23)5/h7-10,13-15H,11-12H2,1-6H3,(H,24,27). The summed E-state index contributed by atoms with van der Waals surface area (Å²) in [5.74, 6) is 0.185. The van der Waals surface area contributed by atoms with Gasteiger partial charge in [0.15, 0.2) is 0 Å². The van der Waals surface area contributed by atoms with Crippen LogP contribution in [0.4, 0.5) is 11.4 Å². The summed E-state index contributed by atoms with van der Waals surface area (Å²) < 4.78 is 0. The van der Waals surface area contributed by atoms with Crippen LogP contribution in [0, 0.1) is 20.8 Å². The summed E-state index contributed by atoms with van der Waals surface area (Å²) in [5.41, 5.74) is 6.12. The number of hydrogen-bond acceptors (Lipinski definition) is 2. The van der Waals surface area contributed by atoms with E-state index in [1.807, 2.05) is 45.0 Å². The number of amides is 2. The SMILES string of the molecule is CC(=O)N(CCC(=O)Nc1ccccc1C(C)C)c1c(C)cc(C)cc1C. The van der Waals surface area contributed by atoms with E-state index in [1.54, 1.807) is 11.8 Å². The monoisotopic (exact) mass is 366 g/mol. The number of para-hydroxylation sites is 1. The third-order valence-corrected chi connectivity index (χ3v) is 4.70. The minimum Gasteiger partial charge on any atom is -0.326 e. The van der Waals surface area contributed by atoms with Crippen molar-refractivity contribution in [1.29, 1.82) is 0 Å². The predicted molar refractivity (Wildman–Crippen MR) is 112 cm³/mol. The highest BCUT2D eigenvalue weighted by Crippen LogP contribution is 2.27. The Morgan fingerprint density at radius 1 is 1.04 bits per heavy atom. The molecule has 2 aromatic rings. The van der Waals surface area contributed by atoms with E-state index in [2.05, 4.69) is 31.3 Å². The van der Waals surface area contributed by atoms with E-state index >= 15 is 0 Å². The third kappa shape index (κ3) is 5.19. The lowest BCUT2D eigenvalue weighted by molar-refractivity contribution is -0.117. The van der Waals surface area contributed by atoms with E-state index < -0.39 is 0 Å². The first-order chi connectivity index (χ1) is 12.7. The summed E-state index contributed by atoms with van der Waals surface area (Å²) in [6.45, 7) is 12.2. The first-order valence-corrected chi connectivity index (χ1v) is 9.45. The molecule has 144 valence electrons. The fourth-order valence-corrected chi connectivity index (χ4v) is 3.57. The fraction of sp³-hybridized carbons (Fsp3) is 0.391. The molecular formula is C23H30N2O2. The molecule has 0 unspecified atom stereocenters. The highest BCUT2D eigenvalue weighted by atomic mass is 16.2. The number of aryl methyl sites for hydroxylation is 3. The number of hydrogen-bond donors (Lipinski definition) is 1. The Balaban J connectivity index is 2.14. The number of anilines is 2. The number of benzene rings is 2. The van der Waals surface area contributed by atoms with Crippen molar-refractivity contribution < 1.29 is 9.59 Å². The van der Waals surface area contributed by atoms with Gasteiger partial charge in [0.25, 0.3) is 0 Å². The van der Waals surface area contributed by atoms with Gasteiger partial charge in [-0.3, -0.25) is 9.59 Å². The Morgan fingerprint density at radius 3 is 2.19 bits per heavy atom. The van der Waals surface area contributed by atoms with Crippen LogP contribution in [0.15, 0.2) is 36.4 Å². The van der Waals surface area contributed by atoms with E-state index in [4.69, 9.17) is 0 Å². The molecule has 0 bridgehead atoms. The lowest BCUT2D eigenvalue weighted by atomic mass is 10.0. The molecule has 1 N–H and O–H groups in total. The van der Waals surface area contributed by atoms with E-state index in [1.165, 1.54) is 5.56 Å². The fourth-order valence-electron chi connectivity index (χ4n) is 3.57. The van der Waals surface area contributed by atoms with Gasteiger partial charge in [-0.15, -0.1) is 0 Å². The first kappa shape index (κ1) is 20.7. The molecule has 0 radical (unpaired) electrons. The van der Waals surface area contributed by atoms with Gasteiger partial charge >= 0.3 is 0 Å². The van der Waals surface area contributed by atoms with Crippen LogP contribution in [0.1, 0.15) is 55.4 Å². The van der Waals surface area contributed by atoms with Gasteiger partial charge in [-0.05, 0) is 49.4 Å². The average molecular weight is 367 g/mol. The zero-order chi connectivity index (χ0) is 20.1. The molecule has 2 aromatic carbocycles. The second-order valence-electron chi connectivity index (χ2n) is 7.46. The molecule has 0 aromatic heterocycles.